The summed E-state index contributed by atoms with van der Waals surface area (Å²) in [5.41, 5.74) is 1.64. The molecule has 0 heterocycles. The number of hydrogen-bond donors (Lipinski definition) is 2. The lowest BCUT2D eigenvalue weighted by atomic mass is 9.72. The zero-order chi connectivity index (χ0) is 29.0. The van der Waals surface area contributed by atoms with Crippen LogP contribution < -0.4 is 10.2 Å². The molecule has 2 N–H and O–H groups in total. The average molecular weight is 589 g/mol. The average Bonchev–Trinajstić information content (AvgIpc) is 2.89. The van der Waals surface area contributed by atoms with Crippen LogP contribution >= 0.6 is 14.4 Å². The Kier molecular flexibility index (Phi) is 9.99. The molecule has 2 aliphatic carbocycles. The minimum absolute atomic E-state index is 0.218. The smallest absolute Gasteiger partial charge is 0.307 e. The van der Waals surface area contributed by atoms with Gasteiger partial charge in [-0.05, 0) is 98.3 Å². The van der Waals surface area contributed by atoms with Gasteiger partial charge < -0.3 is 19.2 Å². The van der Waals surface area contributed by atoms with Crippen molar-refractivity contribution in [1.29, 1.82) is 0 Å². The number of anilines is 2. The highest BCUT2D eigenvalue weighted by Gasteiger charge is 2.52. The van der Waals surface area contributed by atoms with Crippen molar-refractivity contribution >= 4 is 25.8 Å². The summed E-state index contributed by atoms with van der Waals surface area (Å²) in [7, 11) is -8.20. The number of benzene rings is 2. The van der Waals surface area contributed by atoms with Crippen LogP contribution in [0.25, 0.3) is 0 Å². The van der Waals surface area contributed by atoms with Gasteiger partial charge in [-0.2, -0.15) is 0 Å². The van der Waals surface area contributed by atoms with Gasteiger partial charge in [0.2, 0.25) is 0 Å². The Bertz CT molecular complexity index is 1070. The molecule has 8 heteroatoms. The monoisotopic (exact) mass is 588 g/mol. The van der Waals surface area contributed by atoms with E-state index in [1.54, 1.807) is 0 Å². The van der Waals surface area contributed by atoms with Crippen LogP contribution in [-0.4, -0.2) is 12.2 Å². The van der Waals surface area contributed by atoms with Gasteiger partial charge in [0.1, 0.15) is 0 Å². The van der Waals surface area contributed by atoms with Crippen LogP contribution in [0.3, 0.4) is 0 Å². The van der Waals surface area contributed by atoms with Crippen molar-refractivity contribution in [2.75, 3.05) is 10.2 Å². The maximum Gasteiger partial charge on any atom is 0.397 e. The van der Waals surface area contributed by atoms with Crippen molar-refractivity contribution < 1.29 is 18.2 Å². The molecular weight excluding hydrogens is 538 g/mol. The minimum Gasteiger partial charge on any atom is -0.307 e. The van der Waals surface area contributed by atoms with Crippen LogP contribution in [-0.2, 0) is 18.2 Å². The van der Waals surface area contributed by atoms with Crippen molar-refractivity contribution in [2.24, 2.45) is 22.7 Å². The summed E-state index contributed by atoms with van der Waals surface area (Å²) in [5, 5.41) is 6.22. The first-order chi connectivity index (χ1) is 18.8. The van der Waals surface area contributed by atoms with E-state index in [0.29, 0.717) is 23.2 Å². The zero-order valence-corrected chi connectivity index (χ0v) is 27.1. The topological polar surface area (TPSA) is 76.7 Å². The van der Waals surface area contributed by atoms with Crippen LogP contribution in [0.2, 0.25) is 0 Å². The third kappa shape index (κ3) is 8.03. The number of rotatable bonds is 9. The van der Waals surface area contributed by atoms with Crippen molar-refractivity contribution in [3.63, 3.8) is 0 Å². The van der Waals surface area contributed by atoms with E-state index >= 15 is 9.13 Å². The van der Waals surface area contributed by atoms with Crippen molar-refractivity contribution in [3.05, 3.63) is 60.7 Å². The molecule has 2 saturated carbocycles. The summed E-state index contributed by atoms with van der Waals surface area (Å²) in [6.07, 6.45) is 6.59. The number of hydrogen-bond acceptors (Lipinski definition) is 4. The predicted molar refractivity (Wildman–Crippen MR) is 168 cm³/mol. The van der Waals surface area contributed by atoms with Crippen molar-refractivity contribution in [3.8, 4) is 0 Å². The second kappa shape index (κ2) is 12.7. The fourth-order valence-corrected chi connectivity index (χ4v) is 12.0. The van der Waals surface area contributed by atoms with E-state index in [1.165, 1.54) is 0 Å². The Morgan fingerprint density at radius 1 is 0.550 bits per heavy atom. The highest BCUT2D eigenvalue weighted by atomic mass is 32.1. The molecule has 40 heavy (non-hydrogen) atoms. The van der Waals surface area contributed by atoms with Gasteiger partial charge in [-0.15, -0.1) is 0 Å². The highest BCUT2D eigenvalue weighted by molar-refractivity contribution is 8.33. The van der Waals surface area contributed by atoms with Gasteiger partial charge in [0.15, 0.2) is 0 Å². The highest BCUT2D eigenvalue weighted by Crippen LogP contribution is 2.82. The van der Waals surface area contributed by atoms with Gasteiger partial charge in [0.05, 0.1) is 12.2 Å². The lowest BCUT2D eigenvalue weighted by molar-refractivity contribution is 0.0848. The molecule has 2 atom stereocenters. The summed E-state index contributed by atoms with van der Waals surface area (Å²) in [4.78, 5) is 0. The van der Waals surface area contributed by atoms with Crippen LogP contribution in [0.1, 0.15) is 92.9 Å². The van der Waals surface area contributed by atoms with Crippen LogP contribution in [0.4, 0.5) is 11.4 Å². The molecule has 0 aliphatic heterocycles. The lowest BCUT2D eigenvalue weighted by Crippen LogP contribution is -2.30. The molecule has 0 saturated heterocycles. The summed E-state index contributed by atoms with van der Waals surface area (Å²) in [6.45, 7) is 13.7. The molecule has 2 aromatic rings. The molecule has 2 fully saturated rings. The SMILES string of the molecule is CC(C)(C)C1CCC(OP(=O)(Nc2ccccc2)P(=O)(Nc2ccccc2)OC2CCC(C(C)(C)C)CC2)CC1. The molecule has 6 nitrogen and oxygen atoms in total. The van der Waals surface area contributed by atoms with Gasteiger partial charge in [-0.3, -0.25) is 9.13 Å². The number of nitrogens with one attached hydrogen (secondary N) is 2. The zero-order valence-electron chi connectivity index (χ0n) is 25.3. The molecule has 0 bridgehead atoms. The second-order valence-electron chi connectivity index (χ2n) is 13.9. The lowest BCUT2D eigenvalue weighted by Gasteiger charge is -2.40. The summed E-state index contributed by atoms with van der Waals surface area (Å²) in [5.74, 6) is 1.16. The Morgan fingerprint density at radius 2 is 0.850 bits per heavy atom. The molecule has 0 amide bonds. The van der Waals surface area contributed by atoms with E-state index in [-0.39, 0.29) is 23.0 Å². The fraction of sp³-hybridized carbons (Fsp3) is 0.625. The maximum atomic E-state index is 15.1. The Hall–Kier alpha value is -1.58. The molecular formula is C32H50N2O4P2. The van der Waals surface area contributed by atoms with Crippen LogP contribution in [0.15, 0.2) is 60.7 Å². The molecule has 4 rings (SSSR count). The first kappa shape index (κ1) is 31.4. The summed E-state index contributed by atoms with van der Waals surface area (Å²) < 4.78 is 43.1. The molecule has 0 aromatic heterocycles. The van der Waals surface area contributed by atoms with Crippen molar-refractivity contribution in [1.82, 2.24) is 0 Å². The van der Waals surface area contributed by atoms with Gasteiger partial charge in [0.25, 0.3) is 0 Å². The van der Waals surface area contributed by atoms with Gasteiger partial charge in [-0.1, -0.05) is 77.9 Å². The quantitative estimate of drug-likeness (QED) is 0.284. The molecule has 0 spiro atoms. The molecule has 0 radical (unpaired) electrons. The molecule has 2 unspecified atom stereocenters. The predicted octanol–water partition coefficient (Wildman–Crippen LogP) is 10.8. The molecule has 2 aliphatic rings. The van der Waals surface area contributed by atoms with E-state index in [0.717, 1.165) is 51.4 Å². The third-order valence-electron chi connectivity index (χ3n) is 8.82. The first-order valence-corrected chi connectivity index (χ1v) is 19.0. The van der Waals surface area contributed by atoms with Gasteiger partial charge >= 0.3 is 14.4 Å². The van der Waals surface area contributed by atoms with Gasteiger partial charge in [-0.25, -0.2) is 0 Å². The standard InChI is InChI=1S/C32H50N2O4P2/c1-31(2,3)25-17-21-29(22-18-25)37-39(35,33-27-13-9-7-10-14-27)40(36,34-28-15-11-8-12-16-28)38-30-23-19-26(20-24-30)32(4,5)6/h7-16,25-26,29-30H,17-24H2,1-6H3,(H,33,35)(H,34,36). The van der Waals surface area contributed by atoms with Crippen LogP contribution in [0.5, 0.6) is 0 Å². The Morgan fingerprint density at radius 3 is 1.12 bits per heavy atom. The second-order valence-corrected chi connectivity index (χ2v) is 20.0. The van der Waals surface area contributed by atoms with E-state index in [9.17, 15) is 0 Å². The normalized spacial score (nSPS) is 27.2. The molecule has 222 valence electrons. The van der Waals surface area contributed by atoms with E-state index in [4.69, 9.17) is 9.05 Å². The van der Waals surface area contributed by atoms with Gasteiger partial charge in [0, 0.05) is 11.4 Å². The maximum absolute atomic E-state index is 15.1. The number of para-hydroxylation sites is 2. The fourth-order valence-electron chi connectivity index (χ4n) is 6.13. The Balaban J connectivity index is 1.63. The third-order valence-corrected chi connectivity index (χ3v) is 15.0. The minimum atomic E-state index is -4.10. The largest absolute Gasteiger partial charge is 0.397 e. The summed E-state index contributed by atoms with van der Waals surface area (Å²) >= 11 is 0. The first-order valence-electron chi connectivity index (χ1n) is 15.0. The molecule has 2 aromatic carbocycles. The van der Waals surface area contributed by atoms with Crippen LogP contribution in [0, 0.1) is 22.7 Å². The van der Waals surface area contributed by atoms with Crippen molar-refractivity contribution in [2.45, 2.75) is 105 Å². The van der Waals surface area contributed by atoms with E-state index in [2.05, 4.69) is 51.7 Å². The van der Waals surface area contributed by atoms with E-state index in [1.807, 2.05) is 60.7 Å². The summed E-state index contributed by atoms with van der Waals surface area (Å²) in [6, 6.07) is 18.6. The van der Waals surface area contributed by atoms with E-state index < -0.39 is 14.4 Å². The Labute approximate surface area is 242 Å².